The van der Waals surface area contributed by atoms with Crippen molar-refractivity contribution in [1.82, 2.24) is 0 Å². The Kier molecular flexibility index (Phi) is 5.02. The molecule has 0 aliphatic carbocycles. The van der Waals surface area contributed by atoms with E-state index in [0.717, 1.165) is 24.3 Å². The van der Waals surface area contributed by atoms with E-state index in [-0.39, 0.29) is 18.1 Å². The molecule has 20 heavy (non-hydrogen) atoms. The third kappa shape index (κ3) is 4.20. The summed E-state index contributed by atoms with van der Waals surface area (Å²) in [5.41, 5.74) is 1.80. The lowest BCUT2D eigenvalue weighted by Crippen LogP contribution is -3.16. The summed E-state index contributed by atoms with van der Waals surface area (Å²) in [6, 6.07) is 5.48. The Bertz CT molecular complexity index is 483. The number of amides is 1. The van der Waals surface area contributed by atoms with E-state index in [2.05, 4.69) is 19.2 Å². The number of aryl methyl sites for hydroxylation is 1. The summed E-state index contributed by atoms with van der Waals surface area (Å²) in [4.78, 5) is 13.4. The van der Waals surface area contributed by atoms with Gasteiger partial charge in [-0.25, -0.2) is 0 Å². The van der Waals surface area contributed by atoms with Crippen LogP contribution in [0.15, 0.2) is 18.2 Å². The van der Waals surface area contributed by atoms with E-state index < -0.39 is 0 Å². The molecule has 2 rings (SSSR count). The molecule has 0 unspecified atom stereocenters. The quantitative estimate of drug-likeness (QED) is 0.883. The molecule has 1 aliphatic heterocycles. The molecule has 1 aromatic rings. The number of morpholine rings is 1. The number of carbonyl (C=O) groups is 1. The predicted molar refractivity (Wildman–Crippen MR) is 80.4 cm³/mol. The van der Waals surface area contributed by atoms with E-state index in [1.165, 1.54) is 4.90 Å². The highest BCUT2D eigenvalue weighted by atomic mass is 35.5. The topological polar surface area (TPSA) is 42.8 Å². The number of quaternary nitrogens is 1. The number of benzene rings is 1. The fraction of sp³-hybridized carbons (Fsp3) is 0.533. The molecule has 1 fully saturated rings. The van der Waals surface area contributed by atoms with Crippen LogP contribution in [-0.2, 0) is 9.53 Å². The molecule has 5 heteroatoms. The van der Waals surface area contributed by atoms with Gasteiger partial charge < -0.3 is 15.0 Å². The van der Waals surface area contributed by atoms with Crippen LogP contribution in [-0.4, -0.2) is 37.7 Å². The number of anilines is 1. The molecule has 0 aromatic heterocycles. The molecule has 0 spiro atoms. The second kappa shape index (κ2) is 6.57. The standard InChI is InChI=1S/C15H21ClN2O2/c1-10-6-13(16)4-5-14(10)17-15(19)9-18-7-11(2)20-12(3)8-18/h4-6,11-12H,7-9H2,1-3H3,(H,17,19)/p+1/t11-,12-/m0/s1. The van der Waals surface area contributed by atoms with Gasteiger partial charge in [0, 0.05) is 10.7 Å². The molecule has 1 saturated heterocycles. The predicted octanol–water partition coefficient (Wildman–Crippen LogP) is 1.28. The van der Waals surface area contributed by atoms with Crippen molar-refractivity contribution in [2.45, 2.75) is 33.0 Å². The Morgan fingerprint density at radius 2 is 2.05 bits per heavy atom. The molecule has 2 N–H and O–H groups in total. The van der Waals surface area contributed by atoms with Crippen molar-refractivity contribution < 1.29 is 14.4 Å². The Balaban J connectivity index is 1.92. The third-order valence-corrected chi connectivity index (χ3v) is 3.73. The fourth-order valence-electron chi connectivity index (χ4n) is 2.72. The molecule has 0 bridgehead atoms. The highest BCUT2D eigenvalue weighted by molar-refractivity contribution is 6.30. The number of carbonyl (C=O) groups excluding carboxylic acids is 1. The van der Waals surface area contributed by atoms with E-state index in [9.17, 15) is 4.79 Å². The van der Waals surface area contributed by atoms with Gasteiger partial charge in [0.25, 0.3) is 5.91 Å². The van der Waals surface area contributed by atoms with Gasteiger partial charge in [-0.2, -0.15) is 0 Å². The number of hydrogen-bond donors (Lipinski definition) is 2. The number of hydrogen-bond acceptors (Lipinski definition) is 2. The van der Waals surface area contributed by atoms with Crippen LogP contribution < -0.4 is 10.2 Å². The zero-order chi connectivity index (χ0) is 14.7. The van der Waals surface area contributed by atoms with Gasteiger partial charge in [0.05, 0.1) is 0 Å². The molecule has 1 aromatic carbocycles. The highest BCUT2D eigenvalue weighted by Gasteiger charge is 2.27. The molecule has 1 heterocycles. The average molecular weight is 298 g/mol. The molecular formula is C15H22ClN2O2+. The molecule has 1 aliphatic rings. The van der Waals surface area contributed by atoms with Crippen LogP contribution in [0.4, 0.5) is 5.69 Å². The van der Waals surface area contributed by atoms with Crippen LogP contribution in [0, 0.1) is 6.92 Å². The lowest BCUT2D eigenvalue weighted by molar-refractivity contribution is -0.907. The summed E-state index contributed by atoms with van der Waals surface area (Å²) in [7, 11) is 0. The van der Waals surface area contributed by atoms with Crippen molar-refractivity contribution in [2.24, 2.45) is 0 Å². The van der Waals surface area contributed by atoms with Crippen molar-refractivity contribution in [3.8, 4) is 0 Å². The first kappa shape index (κ1) is 15.3. The maximum Gasteiger partial charge on any atom is 0.279 e. The molecule has 1 amide bonds. The first-order chi connectivity index (χ1) is 9.44. The van der Waals surface area contributed by atoms with Crippen molar-refractivity contribution in [2.75, 3.05) is 25.0 Å². The number of rotatable bonds is 3. The minimum absolute atomic E-state index is 0.0340. The summed E-state index contributed by atoms with van der Waals surface area (Å²) in [6.45, 7) is 8.26. The van der Waals surface area contributed by atoms with Crippen molar-refractivity contribution in [3.05, 3.63) is 28.8 Å². The lowest BCUT2D eigenvalue weighted by atomic mass is 10.2. The lowest BCUT2D eigenvalue weighted by Gasteiger charge is -2.31. The Morgan fingerprint density at radius 3 is 2.65 bits per heavy atom. The van der Waals surface area contributed by atoms with Gasteiger partial charge in [0.1, 0.15) is 25.3 Å². The van der Waals surface area contributed by atoms with Crippen molar-refractivity contribution in [1.29, 1.82) is 0 Å². The van der Waals surface area contributed by atoms with Gasteiger partial charge in [0.2, 0.25) is 0 Å². The summed E-state index contributed by atoms with van der Waals surface area (Å²) >= 11 is 5.91. The molecule has 4 nitrogen and oxygen atoms in total. The van der Waals surface area contributed by atoms with Gasteiger partial charge in [-0.3, -0.25) is 4.79 Å². The second-order valence-electron chi connectivity index (χ2n) is 5.60. The van der Waals surface area contributed by atoms with Gasteiger partial charge in [0.15, 0.2) is 6.54 Å². The smallest absolute Gasteiger partial charge is 0.279 e. The van der Waals surface area contributed by atoms with Crippen LogP contribution >= 0.6 is 11.6 Å². The number of halogens is 1. The summed E-state index contributed by atoms with van der Waals surface area (Å²) in [5.74, 6) is 0.0340. The molecule has 2 atom stereocenters. The minimum atomic E-state index is 0.0340. The van der Waals surface area contributed by atoms with Crippen LogP contribution in [0.3, 0.4) is 0 Å². The van der Waals surface area contributed by atoms with Gasteiger partial charge in [-0.1, -0.05) is 11.6 Å². The van der Waals surface area contributed by atoms with E-state index >= 15 is 0 Å². The zero-order valence-electron chi connectivity index (χ0n) is 12.2. The third-order valence-electron chi connectivity index (χ3n) is 3.49. The average Bonchev–Trinajstić information content (AvgIpc) is 2.31. The maximum atomic E-state index is 12.1. The van der Waals surface area contributed by atoms with Gasteiger partial charge in [-0.05, 0) is 44.5 Å². The summed E-state index contributed by atoms with van der Waals surface area (Å²) in [5, 5.41) is 3.64. The fourth-order valence-corrected chi connectivity index (χ4v) is 2.95. The number of ether oxygens (including phenoxy) is 1. The maximum absolute atomic E-state index is 12.1. The first-order valence-corrected chi connectivity index (χ1v) is 7.37. The SMILES string of the molecule is Cc1cc(Cl)ccc1NC(=O)C[NH+]1C[C@H](C)O[C@@H](C)C1. The van der Waals surface area contributed by atoms with E-state index in [1.54, 1.807) is 6.07 Å². The van der Waals surface area contributed by atoms with E-state index in [0.29, 0.717) is 11.6 Å². The van der Waals surface area contributed by atoms with Crippen molar-refractivity contribution >= 4 is 23.2 Å². The summed E-state index contributed by atoms with van der Waals surface area (Å²) < 4.78 is 5.68. The Morgan fingerprint density at radius 1 is 1.40 bits per heavy atom. The van der Waals surface area contributed by atoms with Crippen molar-refractivity contribution in [3.63, 3.8) is 0 Å². The van der Waals surface area contributed by atoms with Crippen LogP contribution in [0.25, 0.3) is 0 Å². The molecule has 0 saturated carbocycles. The minimum Gasteiger partial charge on any atom is -0.364 e. The Labute approximate surface area is 125 Å². The first-order valence-electron chi connectivity index (χ1n) is 6.99. The summed E-state index contributed by atoms with van der Waals surface area (Å²) in [6.07, 6.45) is 0.414. The molecule has 0 radical (unpaired) electrons. The van der Waals surface area contributed by atoms with Crippen LogP contribution in [0.2, 0.25) is 5.02 Å². The highest BCUT2D eigenvalue weighted by Crippen LogP contribution is 2.19. The second-order valence-corrected chi connectivity index (χ2v) is 6.04. The zero-order valence-corrected chi connectivity index (χ0v) is 13.0. The van der Waals surface area contributed by atoms with Crippen LogP contribution in [0.1, 0.15) is 19.4 Å². The molecular weight excluding hydrogens is 276 g/mol. The van der Waals surface area contributed by atoms with Gasteiger partial charge in [-0.15, -0.1) is 0 Å². The normalized spacial score (nSPS) is 26.3. The number of nitrogens with one attached hydrogen (secondary N) is 2. The van der Waals surface area contributed by atoms with Crippen LogP contribution in [0.5, 0.6) is 0 Å². The Hall–Kier alpha value is -1.10. The monoisotopic (exact) mass is 297 g/mol. The van der Waals surface area contributed by atoms with Gasteiger partial charge >= 0.3 is 0 Å². The molecule has 110 valence electrons. The van der Waals surface area contributed by atoms with E-state index in [4.69, 9.17) is 16.3 Å². The largest absolute Gasteiger partial charge is 0.364 e. The van der Waals surface area contributed by atoms with E-state index in [1.807, 2.05) is 19.1 Å².